The molecular formula is C26H29N3O3S. The predicted octanol–water partition coefficient (Wildman–Crippen LogP) is 4.82. The van der Waals surface area contributed by atoms with Crippen LogP contribution < -0.4 is 10.3 Å². The standard InChI is InChI=1S/C26H29N3O3S/c1-3-8-20(30)15-29(14-18-9-5-4-6-10-18)16-23-27-25(31)24-22(17-33-26(24)28-23)19-11-7-12-21(13-19)32-2/h4-7,9-13,17,20,30H,3,8,14-16H2,1-2H3,(H,27,28,31). The van der Waals surface area contributed by atoms with E-state index in [2.05, 4.69) is 28.9 Å². The minimum Gasteiger partial charge on any atom is -0.497 e. The summed E-state index contributed by atoms with van der Waals surface area (Å²) in [6, 6.07) is 17.8. The number of hydrogen-bond donors (Lipinski definition) is 2. The van der Waals surface area contributed by atoms with Crippen LogP contribution in [-0.4, -0.2) is 39.7 Å². The van der Waals surface area contributed by atoms with Crippen LogP contribution in [0.4, 0.5) is 0 Å². The molecule has 0 aliphatic carbocycles. The summed E-state index contributed by atoms with van der Waals surface area (Å²) >= 11 is 1.46. The molecule has 0 bridgehead atoms. The quantitative estimate of drug-likeness (QED) is 0.352. The molecule has 4 aromatic rings. The average Bonchev–Trinajstić information content (AvgIpc) is 3.24. The third kappa shape index (κ3) is 5.68. The number of nitrogens with zero attached hydrogens (tertiary/aromatic N) is 2. The molecule has 1 unspecified atom stereocenters. The minimum absolute atomic E-state index is 0.150. The van der Waals surface area contributed by atoms with Gasteiger partial charge in [-0.1, -0.05) is 55.8 Å². The second-order valence-electron chi connectivity index (χ2n) is 8.17. The normalized spacial score (nSPS) is 12.4. The Morgan fingerprint density at radius 1 is 1.15 bits per heavy atom. The summed E-state index contributed by atoms with van der Waals surface area (Å²) in [5.74, 6) is 1.35. The molecule has 0 amide bonds. The van der Waals surface area contributed by atoms with Crippen molar-refractivity contribution in [3.63, 3.8) is 0 Å². The largest absolute Gasteiger partial charge is 0.497 e. The smallest absolute Gasteiger partial charge is 0.260 e. The Morgan fingerprint density at radius 3 is 2.73 bits per heavy atom. The monoisotopic (exact) mass is 463 g/mol. The lowest BCUT2D eigenvalue weighted by atomic mass is 10.1. The van der Waals surface area contributed by atoms with Gasteiger partial charge in [-0.05, 0) is 29.7 Å². The summed E-state index contributed by atoms with van der Waals surface area (Å²) in [6.07, 6.45) is 1.24. The summed E-state index contributed by atoms with van der Waals surface area (Å²) in [5.41, 5.74) is 2.78. The van der Waals surface area contributed by atoms with Gasteiger partial charge >= 0.3 is 0 Å². The Balaban J connectivity index is 1.62. The van der Waals surface area contributed by atoms with Crippen LogP contribution in [0.15, 0.2) is 64.8 Å². The zero-order valence-electron chi connectivity index (χ0n) is 19.0. The van der Waals surface area contributed by atoms with E-state index in [0.717, 1.165) is 35.3 Å². The number of benzene rings is 2. The fourth-order valence-corrected chi connectivity index (χ4v) is 5.00. The number of aromatic amines is 1. The van der Waals surface area contributed by atoms with E-state index in [0.29, 0.717) is 35.7 Å². The van der Waals surface area contributed by atoms with E-state index < -0.39 is 6.10 Å². The number of fused-ring (bicyclic) bond motifs is 1. The summed E-state index contributed by atoms with van der Waals surface area (Å²) in [4.78, 5) is 23.7. The summed E-state index contributed by atoms with van der Waals surface area (Å²) in [7, 11) is 1.63. The molecule has 0 radical (unpaired) electrons. The van der Waals surface area contributed by atoms with Gasteiger partial charge in [0.25, 0.3) is 5.56 Å². The lowest BCUT2D eigenvalue weighted by molar-refractivity contribution is 0.0957. The van der Waals surface area contributed by atoms with Crippen LogP contribution in [0.1, 0.15) is 31.2 Å². The third-order valence-corrected chi connectivity index (χ3v) is 6.46. The van der Waals surface area contributed by atoms with Crippen LogP contribution in [0.25, 0.3) is 21.3 Å². The number of aromatic nitrogens is 2. The highest BCUT2D eigenvalue weighted by atomic mass is 32.1. The van der Waals surface area contributed by atoms with E-state index in [9.17, 15) is 9.90 Å². The first-order valence-electron chi connectivity index (χ1n) is 11.2. The average molecular weight is 464 g/mol. The van der Waals surface area contributed by atoms with Crippen LogP contribution in [0.5, 0.6) is 5.75 Å². The highest BCUT2D eigenvalue weighted by Crippen LogP contribution is 2.32. The topological polar surface area (TPSA) is 78.5 Å². The molecule has 0 aliphatic heterocycles. The molecule has 1 atom stereocenters. The number of aliphatic hydroxyl groups excluding tert-OH is 1. The number of ether oxygens (including phenoxy) is 1. The van der Waals surface area contributed by atoms with Crippen LogP contribution >= 0.6 is 11.3 Å². The molecule has 0 spiro atoms. The van der Waals surface area contributed by atoms with E-state index >= 15 is 0 Å². The molecule has 172 valence electrons. The van der Waals surface area contributed by atoms with E-state index in [1.165, 1.54) is 11.3 Å². The van der Waals surface area contributed by atoms with Crippen molar-refractivity contribution in [1.29, 1.82) is 0 Å². The Hall–Kier alpha value is -3.00. The summed E-state index contributed by atoms with van der Waals surface area (Å²) < 4.78 is 5.33. The molecule has 33 heavy (non-hydrogen) atoms. The summed E-state index contributed by atoms with van der Waals surface area (Å²) in [6.45, 7) is 3.70. The molecule has 0 saturated carbocycles. The molecular weight excluding hydrogens is 434 g/mol. The van der Waals surface area contributed by atoms with Crippen molar-refractivity contribution in [3.8, 4) is 16.9 Å². The third-order valence-electron chi connectivity index (χ3n) is 5.59. The number of hydrogen-bond acceptors (Lipinski definition) is 6. The maximum atomic E-state index is 13.1. The summed E-state index contributed by atoms with van der Waals surface area (Å²) in [5, 5.41) is 13.0. The van der Waals surface area contributed by atoms with Gasteiger partial charge in [0, 0.05) is 24.0 Å². The van der Waals surface area contributed by atoms with Gasteiger partial charge in [-0.3, -0.25) is 9.69 Å². The van der Waals surface area contributed by atoms with Crippen molar-refractivity contribution in [2.24, 2.45) is 0 Å². The van der Waals surface area contributed by atoms with Gasteiger partial charge in [-0.25, -0.2) is 4.98 Å². The number of methoxy groups -OCH3 is 1. The molecule has 2 N–H and O–H groups in total. The van der Waals surface area contributed by atoms with Gasteiger partial charge in [-0.15, -0.1) is 11.3 Å². The van der Waals surface area contributed by atoms with Gasteiger partial charge in [0.2, 0.25) is 0 Å². The SMILES string of the molecule is CCCC(O)CN(Cc1ccccc1)Cc1nc2scc(-c3cccc(OC)c3)c2c(=O)[nH]1. The van der Waals surface area contributed by atoms with Crippen molar-refractivity contribution >= 4 is 21.6 Å². The molecule has 4 rings (SSSR count). The maximum absolute atomic E-state index is 13.1. The van der Waals surface area contributed by atoms with Gasteiger partial charge in [0.05, 0.1) is 25.1 Å². The van der Waals surface area contributed by atoms with Gasteiger partial charge in [-0.2, -0.15) is 0 Å². The number of aliphatic hydroxyl groups is 1. The Kier molecular flexibility index (Phi) is 7.54. The molecule has 0 fully saturated rings. The fourth-order valence-electron chi connectivity index (χ4n) is 4.03. The lowest BCUT2D eigenvalue weighted by Gasteiger charge is -2.24. The van der Waals surface area contributed by atoms with Crippen LogP contribution in [0.3, 0.4) is 0 Å². The second kappa shape index (κ2) is 10.7. The van der Waals surface area contributed by atoms with Crippen molar-refractivity contribution in [3.05, 3.63) is 81.7 Å². The Labute approximate surface area is 197 Å². The number of rotatable bonds is 10. The number of thiophene rings is 1. The molecule has 2 heterocycles. The molecule has 0 aliphatic rings. The van der Waals surface area contributed by atoms with Gasteiger partial charge in [0.1, 0.15) is 16.4 Å². The first kappa shape index (κ1) is 23.2. The first-order valence-corrected chi connectivity index (χ1v) is 12.0. The second-order valence-corrected chi connectivity index (χ2v) is 9.03. The van der Waals surface area contributed by atoms with E-state index in [1.807, 2.05) is 47.8 Å². The predicted molar refractivity (Wildman–Crippen MR) is 134 cm³/mol. The lowest BCUT2D eigenvalue weighted by Crippen LogP contribution is -2.33. The zero-order chi connectivity index (χ0) is 23.2. The Bertz CT molecular complexity index is 1250. The van der Waals surface area contributed by atoms with Crippen LogP contribution in [0, 0.1) is 0 Å². The molecule has 2 aromatic heterocycles. The van der Waals surface area contributed by atoms with E-state index in [-0.39, 0.29) is 5.56 Å². The molecule has 6 nitrogen and oxygen atoms in total. The van der Waals surface area contributed by atoms with Crippen molar-refractivity contribution in [2.45, 2.75) is 39.0 Å². The molecule has 2 aromatic carbocycles. The zero-order valence-corrected chi connectivity index (χ0v) is 19.8. The maximum Gasteiger partial charge on any atom is 0.260 e. The highest BCUT2D eigenvalue weighted by molar-refractivity contribution is 7.17. The van der Waals surface area contributed by atoms with E-state index in [1.54, 1.807) is 7.11 Å². The van der Waals surface area contributed by atoms with Crippen molar-refractivity contribution in [2.75, 3.05) is 13.7 Å². The molecule has 0 saturated heterocycles. The van der Waals surface area contributed by atoms with Crippen molar-refractivity contribution < 1.29 is 9.84 Å². The van der Waals surface area contributed by atoms with Crippen molar-refractivity contribution in [1.82, 2.24) is 14.9 Å². The van der Waals surface area contributed by atoms with Crippen LogP contribution in [0.2, 0.25) is 0 Å². The number of nitrogens with one attached hydrogen (secondary N) is 1. The van der Waals surface area contributed by atoms with E-state index in [4.69, 9.17) is 9.72 Å². The van der Waals surface area contributed by atoms with Gasteiger partial charge in [0.15, 0.2) is 0 Å². The van der Waals surface area contributed by atoms with Gasteiger partial charge < -0.3 is 14.8 Å². The van der Waals surface area contributed by atoms with Crippen LogP contribution in [-0.2, 0) is 13.1 Å². The number of H-pyrrole nitrogens is 1. The highest BCUT2D eigenvalue weighted by Gasteiger charge is 2.17. The minimum atomic E-state index is -0.421. The molecule has 7 heteroatoms. The first-order chi connectivity index (χ1) is 16.1. The fraction of sp³-hybridized carbons (Fsp3) is 0.308. The Morgan fingerprint density at radius 2 is 1.97 bits per heavy atom.